The van der Waals surface area contributed by atoms with Crippen molar-refractivity contribution in [3.05, 3.63) is 77.9 Å². The van der Waals surface area contributed by atoms with E-state index in [0.717, 1.165) is 19.3 Å². The molecule has 0 amide bonds. The van der Waals surface area contributed by atoms with E-state index in [1.807, 2.05) is 6.08 Å². The summed E-state index contributed by atoms with van der Waals surface area (Å²) in [5.41, 5.74) is 5.49. The van der Waals surface area contributed by atoms with Crippen LogP contribution in [0, 0.1) is 0 Å². The Labute approximate surface area is 115 Å². The van der Waals surface area contributed by atoms with E-state index in [0.29, 0.717) is 6.04 Å². The molecule has 0 aromatic heterocycles. The summed E-state index contributed by atoms with van der Waals surface area (Å²) in [5.74, 6) is 0. The predicted molar refractivity (Wildman–Crippen MR) is 81.5 cm³/mol. The SMILES string of the molecule is C=CCc1cccc2c1NC(c1ccccc1)CC2. The molecule has 0 radical (unpaired) electrons. The second kappa shape index (κ2) is 5.31. The van der Waals surface area contributed by atoms with E-state index in [9.17, 15) is 0 Å². The largest absolute Gasteiger partial charge is 0.378 e. The number of fused-ring (bicyclic) bond motifs is 1. The number of aryl methyl sites for hydroxylation is 1. The molecule has 0 saturated heterocycles. The van der Waals surface area contributed by atoms with Crippen LogP contribution in [0.15, 0.2) is 61.2 Å². The molecule has 0 bridgehead atoms. The average Bonchev–Trinajstić information content (AvgIpc) is 2.48. The Morgan fingerprint density at radius 2 is 1.95 bits per heavy atom. The lowest BCUT2D eigenvalue weighted by molar-refractivity contribution is 0.666. The van der Waals surface area contributed by atoms with E-state index in [1.54, 1.807) is 0 Å². The van der Waals surface area contributed by atoms with Crippen molar-refractivity contribution in [2.24, 2.45) is 0 Å². The Bertz CT molecular complexity index is 571. The number of rotatable bonds is 3. The van der Waals surface area contributed by atoms with Gasteiger partial charge in [0.05, 0.1) is 6.04 Å². The van der Waals surface area contributed by atoms with Gasteiger partial charge >= 0.3 is 0 Å². The average molecular weight is 249 g/mol. The number of para-hydroxylation sites is 1. The molecule has 0 spiro atoms. The van der Waals surface area contributed by atoms with E-state index in [2.05, 4.69) is 60.4 Å². The molecule has 0 saturated carbocycles. The van der Waals surface area contributed by atoms with Crippen LogP contribution < -0.4 is 5.32 Å². The Balaban J connectivity index is 1.92. The zero-order valence-electron chi connectivity index (χ0n) is 11.1. The summed E-state index contributed by atoms with van der Waals surface area (Å²) in [6.45, 7) is 3.85. The zero-order valence-corrected chi connectivity index (χ0v) is 11.1. The Morgan fingerprint density at radius 1 is 1.11 bits per heavy atom. The minimum absolute atomic E-state index is 0.430. The molecule has 1 heteroatoms. The third kappa shape index (κ3) is 2.41. The quantitative estimate of drug-likeness (QED) is 0.789. The van der Waals surface area contributed by atoms with Crippen LogP contribution in [0.5, 0.6) is 0 Å². The fraction of sp³-hybridized carbons (Fsp3) is 0.222. The van der Waals surface area contributed by atoms with Crippen LogP contribution in [-0.4, -0.2) is 0 Å². The first-order chi connectivity index (χ1) is 9.38. The van der Waals surface area contributed by atoms with Gasteiger partial charge < -0.3 is 5.32 Å². The smallest absolute Gasteiger partial charge is 0.0517 e. The van der Waals surface area contributed by atoms with Crippen molar-refractivity contribution in [3.8, 4) is 0 Å². The van der Waals surface area contributed by atoms with Gasteiger partial charge in [0.15, 0.2) is 0 Å². The minimum Gasteiger partial charge on any atom is -0.378 e. The molecule has 1 unspecified atom stereocenters. The zero-order chi connectivity index (χ0) is 13.1. The lowest BCUT2D eigenvalue weighted by Gasteiger charge is -2.29. The molecule has 0 aliphatic carbocycles. The van der Waals surface area contributed by atoms with Gasteiger partial charge in [0.25, 0.3) is 0 Å². The van der Waals surface area contributed by atoms with Crippen LogP contribution in [0.2, 0.25) is 0 Å². The van der Waals surface area contributed by atoms with Gasteiger partial charge in [-0.3, -0.25) is 0 Å². The van der Waals surface area contributed by atoms with Crippen molar-refractivity contribution in [1.82, 2.24) is 0 Å². The number of hydrogen-bond acceptors (Lipinski definition) is 1. The second-order valence-corrected chi connectivity index (χ2v) is 5.09. The highest BCUT2D eigenvalue weighted by Crippen LogP contribution is 2.35. The Kier molecular flexibility index (Phi) is 3.37. The van der Waals surface area contributed by atoms with Gasteiger partial charge in [0.1, 0.15) is 0 Å². The van der Waals surface area contributed by atoms with Crippen LogP contribution >= 0.6 is 0 Å². The number of benzene rings is 2. The van der Waals surface area contributed by atoms with Gasteiger partial charge in [0.2, 0.25) is 0 Å². The van der Waals surface area contributed by atoms with Crippen molar-refractivity contribution in [2.45, 2.75) is 25.3 Å². The molecule has 19 heavy (non-hydrogen) atoms. The molecule has 1 heterocycles. The summed E-state index contributed by atoms with van der Waals surface area (Å²) >= 11 is 0. The van der Waals surface area contributed by atoms with Crippen molar-refractivity contribution >= 4 is 5.69 Å². The van der Waals surface area contributed by atoms with Gasteiger partial charge in [-0.1, -0.05) is 54.6 Å². The highest BCUT2D eigenvalue weighted by atomic mass is 14.9. The summed E-state index contributed by atoms with van der Waals surface area (Å²) in [6, 6.07) is 17.7. The fourth-order valence-electron chi connectivity index (χ4n) is 2.85. The van der Waals surface area contributed by atoms with Gasteiger partial charge in [0, 0.05) is 5.69 Å². The number of allylic oxidation sites excluding steroid dienone is 1. The third-order valence-corrected chi connectivity index (χ3v) is 3.82. The number of hydrogen-bond donors (Lipinski definition) is 1. The first kappa shape index (κ1) is 12.0. The summed E-state index contributed by atoms with van der Waals surface area (Å²) in [7, 11) is 0. The van der Waals surface area contributed by atoms with Crippen LogP contribution in [0.1, 0.15) is 29.2 Å². The minimum atomic E-state index is 0.430. The molecule has 96 valence electrons. The topological polar surface area (TPSA) is 12.0 Å². The Hall–Kier alpha value is -2.02. The molecular weight excluding hydrogens is 230 g/mol. The predicted octanol–water partition coefficient (Wildman–Crippen LogP) is 4.51. The molecule has 1 atom stereocenters. The summed E-state index contributed by atoms with van der Waals surface area (Å²) in [6.07, 6.45) is 5.21. The lowest BCUT2D eigenvalue weighted by Crippen LogP contribution is -2.19. The standard InChI is InChI=1S/C18H19N/c1-2-7-15-10-6-11-16-12-13-17(19-18(15)16)14-8-4-3-5-9-14/h2-6,8-11,17,19H,1,7,12-13H2. The van der Waals surface area contributed by atoms with E-state index in [4.69, 9.17) is 0 Å². The monoisotopic (exact) mass is 249 g/mol. The molecule has 0 fully saturated rings. The van der Waals surface area contributed by atoms with Crippen molar-refractivity contribution in [2.75, 3.05) is 5.32 Å². The molecule has 2 aromatic carbocycles. The molecule has 1 aliphatic heterocycles. The molecule has 1 nitrogen and oxygen atoms in total. The normalized spacial score (nSPS) is 17.4. The van der Waals surface area contributed by atoms with Crippen molar-refractivity contribution < 1.29 is 0 Å². The Morgan fingerprint density at radius 3 is 2.74 bits per heavy atom. The summed E-state index contributed by atoms with van der Waals surface area (Å²) in [5, 5.41) is 3.72. The second-order valence-electron chi connectivity index (χ2n) is 5.09. The molecular formula is C18H19N. The van der Waals surface area contributed by atoms with Crippen molar-refractivity contribution in [1.29, 1.82) is 0 Å². The highest BCUT2D eigenvalue weighted by Gasteiger charge is 2.20. The van der Waals surface area contributed by atoms with E-state index >= 15 is 0 Å². The first-order valence-electron chi connectivity index (χ1n) is 6.91. The maximum Gasteiger partial charge on any atom is 0.0517 e. The van der Waals surface area contributed by atoms with E-state index < -0.39 is 0 Å². The maximum absolute atomic E-state index is 3.85. The number of anilines is 1. The lowest BCUT2D eigenvalue weighted by atomic mass is 9.91. The summed E-state index contributed by atoms with van der Waals surface area (Å²) in [4.78, 5) is 0. The van der Waals surface area contributed by atoms with E-state index in [1.165, 1.54) is 22.4 Å². The molecule has 2 aromatic rings. The first-order valence-corrected chi connectivity index (χ1v) is 6.91. The highest BCUT2D eigenvalue weighted by molar-refractivity contribution is 5.61. The van der Waals surface area contributed by atoms with Crippen LogP contribution in [0.4, 0.5) is 5.69 Å². The molecule has 1 N–H and O–H groups in total. The van der Waals surface area contributed by atoms with Gasteiger partial charge in [-0.15, -0.1) is 6.58 Å². The number of nitrogens with one attached hydrogen (secondary N) is 1. The fourth-order valence-corrected chi connectivity index (χ4v) is 2.85. The third-order valence-electron chi connectivity index (χ3n) is 3.82. The van der Waals surface area contributed by atoms with Crippen LogP contribution in [0.3, 0.4) is 0 Å². The van der Waals surface area contributed by atoms with Gasteiger partial charge in [-0.05, 0) is 36.0 Å². The van der Waals surface area contributed by atoms with Gasteiger partial charge in [-0.2, -0.15) is 0 Å². The molecule has 3 rings (SSSR count). The van der Waals surface area contributed by atoms with Crippen molar-refractivity contribution in [3.63, 3.8) is 0 Å². The maximum atomic E-state index is 3.85. The summed E-state index contributed by atoms with van der Waals surface area (Å²) < 4.78 is 0. The molecule has 1 aliphatic rings. The van der Waals surface area contributed by atoms with Crippen LogP contribution in [-0.2, 0) is 12.8 Å². The van der Waals surface area contributed by atoms with Crippen LogP contribution in [0.25, 0.3) is 0 Å². The van der Waals surface area contributed by atoms with E-state index in [-0.39, 0.29) is 0 Å². The van der Waals surface area contributed by atoms with Gasteiger partial charge in [-0.25, -0.2) is 0 Å².